The van der Waals surface area contributed by atoms with Gasteiger partial charge >= 0.3 is 0 Å². The minimum atomic E-state index is 0.00746. The Morgan fingerprint density at radius 2 is 2.05 bits per heavy atom. The fraction of sp³-hybridized carbons (Fsp3) is 0.294. The number of pyridine rings is 1. The van der Waals surface area contributed by atoms with Crippen LogP contribution in [0.25, 0.3) is 0 Å². The van der Waals surface area contributed by atoms with Crippen LogP contribution in [0.3, 0.4) is 0 Å². The molecule has 0 unspecified atom stereocenters. The fourth-order valence-corrected chi connectivity index (χ4v) is 1.97. The molecule has 1 aromatic carbocycles. The second-order valence-electron chi connectivity index (χ2n) is 5.37. The normalized spacial score (nSPS) is 10.6. The van der Waals surface area contributed by atoms with Crippen molar-refractivity contribution in [3.63, 3.8) is 0 Å². The van der Waals surface area contributed by atoms with Gasteiger partial charge in [-0.1, -0.05) is 37.6 Å². The van der Waals surface area contributed by atoms with Crippen LogP contribution < -0.4 is 5.32 Å². The number of anilines is 1. The molecule has 0 fully saturated rings. The Kier molecular flexibility index (Phi) is 4.51. The maximum atomic E-state index is 12.6. The molecule has 1 aromatic heterocycles. The Morgan fingerprint density at radius 1 is 1.25 bits per heavy atom. The molecule has 0 aliphatic carbocycles. The van der Waals surface area contributed by atoms with E-state index < -0.39 is 0 Å². The summed E-state index contributed by atoms with van der Waals surface area (Å²) in [7, 11) is 0. The number of rotatable bonds is 5. The molecule has 0 aliphatic heterocycles. The highest BCUT2D eigenvalue weighted by molar-refractivity contribution is 6.11. The average Bonchev–Trinajstić information content (AvgIpc) is 2.44. The van der Waals surface area contributed by atoms with Crippen LogP contribution in [0.1, 0.15) is 35.3 Å². The largest absolute Gasteiger partial charge is 0.369 e. The molecule has 0 radical (unpaired) electrons. The monoisotopic (exact) mass is 268 g/mol. The van der Waals surface area contributed by atoms with Gasteiger partial charge in [-0.3, -0.25) is 4.79 Å². The quantitative estimate of drug-likeness (QED) is 0.841. The van der Waals surface area contributed by atoms with Gasteiger partial charge in [0.25, 0.3) is 0 Å². The van der Waals surface area contributed by atoms with E-state index in [0.29, 0.717) is 22.9 Å². The first-order valence-electron chi connectivity index (χ1n) is 6.88. The van der Waals surface area contributed by atoms with E-state index in [2.05, 4.69) is 24.1 Å². The van der Waals surface area contributed by atoms with Crippen LogP contribution in [0.4, 0.5) is 5.82 Å². The third-order valence-corrected chi connectivity index (χ3v) is 3.01. The van der Waals surface area contributed by atoms with Gasteiger partial charge in [-0.05, 0) is 31.0 Å². The summed E-state index contributed by atoms with van der Waals surface area (Å²) < 4.78 is 0. The summed E-state index contributed by atoms with van der Waals surface area (Å²) in [5.74, 6) is 1.17. The highest BCUT2D eigenvalue weighted by Gasteiger charge is 2.14. The van der Waals surface area contributed by atoms with Gasteiger partial charge in [0, 0.05) is 18.3 Å². The maximum Gasteiger partial charge on any atom is 0.196 e. The second kappa shape index (κ2) is 6.33. The van der Waals surface area contributed by atoms with E-state index in [1.54, 1.807) is 12.3 Å². The molecule has 0 saturated heterocycles. The number of hydrogen-bond donors (Lipinski definition) is 1. The summed E-state index contributed by atoms with van der Waals surface area (Å²) in [6.07, 6.45) is 1.70. The van der Waals surface area contributed by atoms with Crippen LogP contribution in [0, 0.1) is 12.8 Å². The highest BCUT2D eigenvalue weighted by atomic mass is 16.1. The molecule has 1 heterocycles. The van der Waals surface area contributed by atoms with Crippen molar-refractivity contribution in [1.82, 2.24) is 4.98 Å². The van der Waals surface area contributed by atoms with Crippen LogP contribution >= 0.6 is 0 Å². The first-order chi connectivity index (χ1) is 9.58. The van der Waals surface area contributed by atoms with Crippen molar-refractivity contribution < 1.29 is 4.79 Å². The van der Waals surface area contributed by atoms with E-state index >= 15 is 0 Å². The molecule has 0 atom stereocenters. The van der Waals surface area contributed by atoms with Crippen LogP contribution in [0.5, 0.6) is 0 Å². The van der Waals surface area contributed by atoms with Crippen molar-refractivity contribution >= 4 is 11.6 Å². The minimum Gasteiger partial charge on any atom is -0.369 e. The Hall–Kier alpha value is -2.16. The van der Waals surface area contributed by atoms with Gasteiger partial charge in [-0.25, -0.2) is 4.98 Å². The summed E-state index contributed by atoms with van der Waals surface area (Å²) in [6.45, 7) is 7.03. The van der Waals surface area contributed by atoms with E-state index in [9.17, 15) is 4.79 Å². The molecule has 0 amide bonds. The molecule has 0 bridgehead atoms. The smallest absolute Gasteiger partial charge is 0.196 e. The van der Waals surface area contributed by atoms with Gasteiger partial charge < -0.3 is 5.32 Å². The molecule has 0 spiro atoms. The number of nitrogens with zero attached hydrogens (tertiary/aromatic N) is 1. The van der Waals surface area contributed by atoms with Crippen LogP contribution in [-0.4, -0.2) is 17.3 Å². The first-order valence-corrected chi connectivity index (χ1v) is 6.88. The number of nitrogens with one attached hydrogen (secondary N) is 1. The molecular formula is C17H20N2O. The van der Waals surface area contributed by atoms with Crippen LogP contribution in [-0.2, 0) is 0 Å². The molecule has 104 valence electrons. The Morgan fingerprint density at radius 3 is 2.75 bits per heavy atom. The molecule has 0 saturated carbocycles. The second-order valence-corrected chi connectivity index (χ2v) is 5.37. The van der Waals surface area contributed by atoms with Crippen molar-refractivity contribution in [3.8, 4) is 0 Å². The van der Waals surface area contributed by atoms with Crippen LogP contribution in [0.15, 0.2) is 42.6 Å². The summed E-state index contributed by atoms with van der Waals surface area (Å²) in [5, 5.41) is 3.25. The average molecular weight is 268 g/mol. The number of aryl methyl sites for hydroxylation is 1. The summed E-state index contributed by atoms with van der Waals surface area (Å²) in [6, 6.07) is 11.2. The van der Waals surface area contributed by atoms with Gasteiger partial charge in [0.15, 0.2) is 5.78 Å². The lowest BCUT2D eigenvalue weighted by molar-refractivity contribution is 0.103. The van der Waals surface area contributed by atoms with Crippen LogP contribution in [0.2, 0.25) is 0 Å². The zero-order valence-electron chi connectivity index (χ0n) is 12.2. The number of aromatic nitrogens is 1. The number of ketones is 1. The van der Waals surface area contributed by atoms with Crippen molar-refractivity contribution in [2.24, 2.45) is 5.92 Å². The molecule has 1 N–H and O–H groups in total. The maximum absolute atomic E-state index is 12.6. The topological polar surface area (TPSA) is 42.0 Å². The van der Waals surface area contributed by atoms with Gasteiger partial charge in [-0.2, -0.15) is 0 Å². The lowest BCUT2D eigenvalue weighted by Crippen LogP contribution is -2.13. The molecular weight excluding hydrogens is 248 g/mol. The third kappa shape index (κ3) is 3.44. The summed E-state index contributed by atoms with van der Waals surface area (Å²) in [5.41, 5.74) is 2.40. The van der Waals surface area contributed by atoms with Crippen molar-refractivity contribution in [3.05, 3.63) is 59.3 Å². The van der Waals surface area contributed by atoms with Crippen molar-refractivity contribution in [2.75, 3.05) is 11.9 Å². The molecule has 20 heavy (non-hydrogen) atoms. The van der Waals surface area contributed by atoms with Crippen molar-refractivity contribution in [1.29, 1.82) is 0 Å². The SMILES string of the molecule is Cc1cccc(C(=O)c2cccnc2NCC(C)C)c1. The number of hydrogen-bond acceptors (Lipinski definition) is 3. The molecule has 3 heteroatoms. The van der Waals surface area contributed by atoms with E-state index in [4.69, 9.17) is 0 Å². The molecule has 3 nitrogen and oxygen atoms in total. The Labute approximate surface area is 120 Å². The zero-order valence-corrected chi connectivity index (χ0v) is 12.2. The van der Waals surface area contributed by atoms with Crippen molar-refractivity contribution in [2.45, 2.75) is 20.8 Å². The van der Waals surface area contributed by atoms with E-state index in [1.807, 2.05) is 37.3 Å². The number of carbonyl (C=O) groups is 1. The van der Waals surface area contributed by atoms with E-state index in [-0.39, 0.29) is 5.78 Å². The fourth-order valence-electron chi connectivity index (χ4n) is 1.97. The lowest BCUT2D eigenvalue weighted by atomic mass is 10.0. The Balaban J connectivity index is 2.30. The van der Waals surface area contributed by atoms with E-state index in [1.165, 1.54) is 0 Å². The third-order valence-electron chi connectivity index (χ3n) is 3.01. The number of benzene rings is 1. The summed E-state index contributed by atoms with van der Waals surface area (Å²) >= 11 is 0. The molecule has 2 rings (SSSR count). The van der Waals surface area contributed by atoms with Gasteiger partial charge in [-0.15, -0.1) is 0 Å². The highest BCUT2D eigenvalue weighted by Crippen LogP contribution is 2.18. The predicted molar refractivity (Wildman–Crippen MR) is 82.2 cm³/mol. The Bertz CT molecular complexity index is 605. The van der Waals surface area contributed by atoms with Gasteiger partial charge in [0.1, 0.15) is 5.82 Å². The minimum absolute atomic E-state index is 0.00746. The summed E-state index contributed by atoms with van der Waals surface area (Å²) in [4.78, 5) is 16.9. The van der Waals surface area contributed by atoms with E-state index in [0.717, 1.165) is 12.1 Å². The van der Waals surface area contributed by atoms with Gasteiger partial charge in [0.05, 0.1) is 5.56 Å². The number of carbonyl (C=O) groups excluding carboxylic acids is 1. The molecule has 2 aromatic rings. The lowest BCUT2D eigenvalue weighted by Gasteiger charge is -2.12. The predicted octanol–water partition coefficient (Wildman–Crippen LogP) is 3.69. The standard InChI is InChI=1S/C17H20N2O/c1-12(2)11-19-17-15(8-5-9-18-17)16(20)14-7-4-6-13(3)10-14/h4-10,12H,11H2,1-3H3,(H,18,19). The zero-order chi connectivity index (χ0) is 14.5. The first kappa shape index (κ1) is 14.3. The van der Waals surface area contributed by atoms with Gasteiger partial charge in [0.2, 0.25) is 0 Å². The molecule has 0 aliphatic rings.